The number of aryl methyl sites for hydroxylation is 1. The third kappa shape index (κ3) is 1.21. The summed E-state index contributed by atoms with van der Waals surface area (Å²) in [5.74, 6) is -0.292. The van der Waals surface area contributed by atoms with Crippen LogP contribution in [0.15, 0.2) is 5.51 Å². The Balaban J connectivity index is 1.91. The predicted octanol–water partition coefficient (Wildman–Crippen LogP) is 1.37. The maximum Gasteiger partial charge on any atom is 0.173 e. The van der Waals surface area contributed by atoms with E-state index < -0.39 is 0 Å². The van der Waals surface area contributed by atoms with Crippen LogP contribution >= 0.6 is 11.3 Å². The van der Waals surface area contributed by atoms with Crippen LogP contribution in [0.2, 0.25) is 0 Å². The first kappa shape index (κ1) is 7.91. The molecule has 0 atom stereocenters. The van der Waals surface area contributed by atoms with E-state index in [1.165, 1.54) is 10.6 Å². The van der Waals surface area contributed by atoms with Crippen LogP contribution in [-0.2, 0) is 22.3 Å². The zero-order valence-corrected chi connectivity index (χ0v) is 8.10. The minimum atomic E-state index is -0.292. The van der Waals surface area contributed by atoms with Crippen molar-refractivity contribution in [3.05, 3.63) is 16.1 Å². The second-order valence-corrected chi connectivity index (χ2v) is 4.45. The van der Waals surface area contributed by atoms with Crippen molar-refractivity contribution in [3.63, 3.8) is 0 Å². The zero-order chi connectivity index (χ0) is 8.73. The molecule has 4 heteroatoms. The van der Waals surface area contributed by atoms with Gasteiger partial charge in [-0.1, -0.05) is 0 Å². The molecule has 2 aliphatic rings. The molecule has 1 aromatic rings. The van der Waals surface area contributed by atoms with E-state index in [-0.39, 0.29) is 5.79 Å². The monoisotopic (exact) mass is 197 g/mol. The van der Waals surface area contributed by atoms with Crippen molar-refractivity contribution in [1.29, 1.82) is 0 Å². The average molecular weight is 197 g/mol. The number of aromatic nitrogens is 1. The van der Waals surface area contributed by atoms with Gasteiger partial charge >= 0.3 is 0 Å². The highest BCUT2D eigenvalue weighted by Crippen LogP contribution is 2.36. The molecule has 1 aliphatic heterocycles. The molecular formula is C9H11NO2S. The van der Waals surface area contributed by atoms with Crippen molar-refractivity contribution >= 4 is 11.3 Å². The third-order valence-electron chi connectivity index (χ3n) is 2.71. The van der Waals surface area contributed by atoms with Crippen LogP contribution in [-0.4, -0.2) is 24.0 Å². The summed E-state index contributed by atoms with van der Waals surface area (Å²) in [6, 6.07) is 0. The van der Waals surface area contributed by atoms with E-state index in [9.17, 15) is 0 Å². The summed E-state index contributed by atoms with van der Waals surface area (Å²) in [5.41, 5.74) is 3.16. The van der Waals surface area contributed by atoms with E-state index in [1.54, 1.807) is 11.3 Å². The minimum absolute atomic E-state index is 0.292. The van der Waals surface area contributed by atoms with Crippen molar-refractivity contribution in [2.45, 2.75) is 25.0 Å². The fraction of sp³-hybridized carbons (Fsp3) is 0.667. The first-order valence-corrected chi connectivity index (χ1v) is 5.45. The lowest BCUT2D eigenvalue weighted by Gasteiger charge is -2.30. The van der Waals surface area contributed by atoms with Gasteiger partial charge in [0.2, 0.25) is 0 Å². The number of nitrogens with zero attached hydrogens (tertiary/aromatic N) is 1. The second-order valence-electron chi connectivity index (χ2n) is 3.51. The van der Waals surface area contributed by atoms with E-state index >= 15 is 0 Å². The van der Waals surface area contributed by atoms with Crippen molar-refractivity contribution < 1.29 is 9.47 Å². The number of rotatable bonds is 0. The van der Waals surface area contributed by atoms with Gasteiger partial charge in [0.15, 0.2) is 5.79 Å². The van der Waals surface area contributed by atoms with Crippen LogP contribution in [0.1, 0.15) is 17.0 Å². The van der Waals surface area contributed by atoms with Crippen molar-refractivity contribution in [3.8, 4) is 0 Å². The van der Waals surface area contributed by atoms with Crippen LogP contribution in [0.5, 0.6) is 0 Å². The summed E-state index contributed by atoms with van der Waals surface area (Å²) in [7, 11) is 0. The average Bonchev–Trinajstić information content (AvgIpc) is 2.74. The van der Waals surface area contributed by atoms with Crippen molar-refractivity contribution in [2.75, 3.05) is 13.2 Å². The van der Waals surface area contributed by atoms with Crippen LogP contribution in [0, 0.1) is 0 Å². The molecule has 13 heavy (non-hydrogen) atoms. The highest BCUT2D eigenvalue weighted by molar-refractivity contribution is 7.09. The lowest BCUT2D eigenvalue weighted by atomic mass is 9.96. The Kier molecular flexibility index (Phi) is 1.68. The summed E-state index contributed by atoms with van der Waals surface area (Å²) < 4.78 is 11.3. The molecular weight excluding hydrogens is 186 g/mol. The number of ether oxygens (including phenoxy) is 2. The molecule has 0 N–H and O–H groups in total. The highest BCUT2D eigenvalue weighted by atomic mass is 32.1. The van der Waals surface area contributed by atoms with Gasteiger partial charge < -0.3 is 9.47 Å². The van der Waals surface area contributed by atoms with E-state index in [0.717, 1.165) is 32.5 Å². The quantitative estimate of drug-likeness (QED) is 0.629. The molecule has 1 aliphatic carbocycles. The fourth-order valence-electron chi connectivity index (χ4n) is 2.03. The molecule has 0 saturated carbocycles. The molecule has 1 spiro atoms. The smallest absolute Gasteiger partial charge is 0.173 e. The fourth-order valence-corrected chi connectivity index (χ4v) is 2.93. The van der Waals surface area contributed by atoms with Crippen LogP contribution in [0.3, 0.4) is 0 Å². The van der Waals surface area contributed by atoms with E-state index in [1.807, 2.05) is 5.51 Å². The number of fused-ring (bicyclic) bond motifs is 1. The molecule has 1 aromatic heterocycles. The van der Waals surface area contributed by atoms with E-state index in [0.29, 0.717) is 0 Å². The number of hydrogen-bond donors (Lipinski definition) is 0. The zero-order valence-electron chi connectivity index (χ0n) is 7.28. The van der Waals surface area contributed by atoms with Gasteiger partial charge in [-0.05, 0) is 6.42 Å². The Morgan fingerprint density at radius 2 is 2.23 bits per heavy atom. The van der Waals surface area contributed by atoms with Gasteiger partial charge in [0.05, 0.1) is 24.4 Å². The lowest BCUT2D eigenvalue weighted by molar-refractivity contribution is -0.163. The number of thiazole rings is 1. The Morgan fingerprint density at radius 3 is 3.08 bits per heavy atom. The second kappa shape index (κ2) is 2.77. The molecule has 3 rings (SSSR count). The van der Waals surface area contributed by atoms with Gasteiger partial charge in [-0.15, -0.1) is 11.3 Å². The summed E-state index contributed by atoms with van der Waals surface area (Å²) in [4.78, 5) is 5.66. The van der Waals surface area contributed by atoms with Gasteiger partial charge in [-0.3, -0.25) is 0 Å². The summed E-state index contributed by atoms with van der Waals surface area (Å²) in [5, 5.41) is 0. The molecule has 2 heterocycles. The minimum Gasteiger partial charge on any atom is -0.347 e. The largest absolute Gasteiger partial charge is 0.347 e. The van der Waals surface area contributed by atoms with Gasteiger partial charge in [0, 0.05) is 17.7 Å². The Morgan fingerprint density at radius 1 is 1.38 bits per heavy atom. The summed E-state index contributed by atoms with van der Waals surface area (Å²) in [6.07, 6.45) is 2.86. The molecule has 0 unspecified atom stereocenters. The molecule has 0 bridgehead atoms. The molecule has 0 aromatic carbocycles. The molecule has 70 valence electrons. The topological polar surface area (TPSA) is 31.4 Å². The molecule has 1 saturated heterocycles. The summed E-state index contributed by atoms with van der Waals surface area (Å²) in [6.45, 7) is 1.49. The normalized spacial score (nSPS) is 24.9. The number of hydrogen-bond acceptors (Lipinski definition) is 4. The highest BCUT2D eigenvalue weighted by Gasteiger charge is 2.40. The standard InChI is InChI=1S/C9H11NO2S/c1-2-9(11-3-4-12-9)5-8-7(1)10-6-13-8/h6H,1-5H2. The molecule has 0 amide bonds. The first-order chi connectivity index (χ1) is 6.38. The molecule has 3 nitrogen and oxygen atoms in total. The van der Waals surface area contributed by atoms with E-state index in [4.69, 9.17) is 9.47 Å². The SMILES string of the molecule is c1nc2c(s1)CC1(CC2)OCCO1. The van der Waals surface area contributed by atoms with E-state index in [2.05, 4.69) is 4.98 Å². The lowest BCUT2D eigenvalue weighted by Crippen LogP contribution is -2.36. The summed E-state index contributed by atoms with van der Waals surface area (Å²) >= 11 is 1.72. The van der Waals surface area contributed by atoms with Gasteiger partial charge in [-0.25, -0.2) is 4.98 Å². The van der Waals surface area contributed by atoms with Crippen LogP contribution in [0.4, 0.5) is 0 Å². The first-order valence-electron chi connectivity index (χ1n) is 4.57. The van der Waals surface area contributed by atoms with Crippen LogP contribution in [0.25, 0.3) is 0 Å². The van der Waals surface area contributed by atoms with Crippen molar-refractivity contribution in [1.82, 2.24) is 4.98 Å². The maximum absolute atomic E-state index is 5.66. The van der Waals surface area contributed by atoms with Crippen LogP contribution < -0.4 is 0 Å². The van der Waals surface area contributed by atoms with Gasteiger partial charge in [-0.2, -0.15) is 0 Å². The predicted molar refractivity (Wildman–Crippen MR) is 48.8 cm³/mol. The molecule has 0 radical (unpaired) electrons. The molecule has 1 fully saturated rings. The third-order valence-corrected chi connectivity index (χ3v) is 3.59. The Hall–Kier alpha value is -0.450. The van der Waals surface area contributed by atoms with Gasteiger partial charge in [0.25, 0.3) is 0 Å². The Labute approximate surface area is 80.7 Å². The van der Waals surface area contributed by atoms with Crippen molar-refractivity contribution in [2.24, 2.45) is 0 Å². The van der Waals surface area contributed by atoms with Gasteiger partial charge in [0.1, 0.15) is 0 Å². The maximum atomic E-state index is 5.66. The Bertz CT molecular complexity index is 317.